The van der Waals surface area contributed by atoms with Crippen molar-refractivity contribution >= 4 is 42.6 Å². The van der Waals surface area contributed by atoms with Gasteiger partial charge < -0.3 is 97.8 Å². The third-order valence-electron chi connectivity index (χ3n) is 21.2. The maximum atomic E-state index is 11.1. The van der Waals surface area contributed by atoms with E-state index in [0.717, 1.165) is 193 Å². The molecule has 15 fully saturated rings. The first-order valence-corrected chi connectivity index (χ1v) is 40.9. The fourth-order valence-electron chi connectivity index (χ4n) is 11.7. The molecule has 0 aromatic carbocycles. The maximum Gasteiger partial charge on any atom is 0.240 e. The zero-order valence-corrected chi connectivity index (χ0v) is 64.3. The second-order valence-corrected chi connectivity index (χ2v) is 36.5. The highest BCUT2D eigenvalue weighted by Crippen LogP contribution is 2.36. The molecule has 0 aliphatic carbocycles. The highest BCUT2D eigenvalue weighted by molar-refractivity contribution is 8.00. The van der Waals surface area contributed by atoms with E-state index < -0.39 is 19.4 Å². The van der Waals surface area contributed by atoms with Crippen LogP contribution in [-0.4, -0.2) is 311 Å². The average molecular weight is 1480 g/mol. The molecule has 15 saturated heterocycles. The van der Waals surface area contributed by atoms with Crippen LogP contribution in [0, 0.1) is 44.3 Å². The van der Waals surface area contributed by atoms with E-state index in [1.54, 1.807) is 14.0 Å². The number of hydrogen-bond acceptors (Lipinski definition) is 27. The van der Waals surface area contributed by atoms with Crippen molar-refractivity contribution in [1.82, 2.24) is 68.9 Å². The number of sulfone groups is 1. The van der Waals surface area contributed by atoms with Crippen LogP contribution in [0.4, 0.5) is 0 Å². The molecule has 1 unspecified atom stereocenters. The first kappa shape index (κ1) is 92.8. The standard InChI is InChI=1S/C8H15NO.C7H13N3O.C7H14N2O.C7H13NO2S.C7H11NO2.C7H13NO.C7H15N.C5H11NOS.2C4H9NO.C4H9N.C3H7NO.2CH4/c1-6(10)8(2,3)7-4-9-5-7;1-5-9-6(10-11-5)7(2,3)4-8;1-3-10-4-2-9(1)7-5-8-6-7;9-11(10)3-1-7(2-4-11)5-8-6-7;9-6-1-7(3-8-4-7)5-10-2-6;1-3-9-4-2-7(1)5-8-6-7;1-7(2)3-5-8-6-4-7;1-8(7)4-2-6-3-5-8;1-6-4-2-5-3-4;1-3-6-4-2-5-1;1-4-2-5-3-4;5-2-3-1-4-3;;/h7,9H,4-5H2,1-3H3;1,4,8H2,2-3H3,(H,9,10);7-8H,1-6H2;8H,1-6H2;8H,1-5H2;8H,1-6H2;8H,3-6H2,1-2H3;6H,1-5H2;4-5H,2-3H2,1H3;5H,1-4H2;4-5H,2-3H2,1H3;3-5H,1-2H2;2*1H4. The topological polar surface area (TPSA) is 357 Å². The van der Waals surface area contributed by atoms with Gasteiger partial charge in [-0.15, -0.1) is 0 Å². The summed E-state index contributed by atoms with van der Waals surface area (Å²) < 4.78 is 58.8. The molecule has 27 nitrogen and oxygen atoms in total. The molecular formula is C72H147N15O12S2. The number of hydrogen-bond donors (Lipinski definition) is 14. The molecule has 0 aromatic rings. The summed E-state index contributed by atoms with van der Waals surface area (Å²) in [6.45, 7) is 52.6. The van der Waals surface area contributed by atoms with Gasteiger partial charge in [0.2, 0.25) is 5.88 Å². The molecule has 0 saturated carbocycles. The molecule has 3 spiro atoms. The number of nitrogens with two attached hydrogens (primary N) is 1. The number of carbonyl (C=O) groups excluding carboxylic acids is 2. The van der Waals surface area contributed by atoms with Crippen LogP contribution in [0.5, 0.6) is 0 Å². The Labute approximate surface area is 611 Å². The van der Waals surface area contributed by atoms with E-state index in [9.17, 15) is 22.2 Å². The van der Waals surface area contributed by atoms with Crippen LogP contribution in [0.3, 0.4) is 0 Å². The van der Waals surface area contributed by atoms with Crippen LogP contribution in [-0.2, 0) is 57.5 Å². The number of ketones is 2. The third-order valence-corrected chi connectivity index (χ3v) is 24.8. The van der Waals surface area contributed by atoms with Crippen LogP contribution < -0.4 is 69.7 Å². The summed E-state index contributed by atoms with van der Waals surface area (Å²) in [7, 11) is -2.56. The Morgan fingerprint density at radius 2 is 1.13 bits per heavy atom. The Morgan fingerprint density at radius 3 is 1.39 bits per heavy atom. The van der Waals surface area contributed by atoms with Crippen LogP contribution >= 0.6 is 0 Å². The van der Waals surface area contributed by atoms with E-state index in [1.807, 2.05) is 27.7 Å². The molecule has 0 amide bonds. The lowest BCUT2D eigenvalue weighted by Gasteiger charge is -2.45. The SMILES string of the molecule is C.C.C1CC2(CCO1)CNC2.C1CN(C2CNC2)CCO1.C1COCCN1.C=C1N=C(C(C)(C)CN)NO1.C=S1(=O)CCNCC1.CC(=O)C(C)(C)C1CNC1.CC1(C)CCNCC1.CC1CNC1.COC1CNC1.O=C1COCC2(CNC2)C1.O=S1(=O)CCC2(CC1)CNC2.OCC1CN1. The van der Waals surface area contributed by atoms with Gasteiger partial charge in [0, 0.05) is 197 Å². The minimum Gasteiger partial charge on any atom is -0.395 e. The number of aliphatic imine (C=N–C) groups is 1. The van der Waals surface area contributed by atoms with Crippen molar-refractivity contribution in [1.29, 1.82) is 0 Å². The zero-order valence-electron chi connectivity index (χ0n) is 62.6. The minimum absolute atomic E-state index is 0. The maximum absolute atomic E-state index is 11.1. The molecule has 1 atom stereocenters. The van der Waals surface area contributed by atoms with Crippen LogP contribution in [0.1, 0.15) is 115 Å². The smallest absolute Gasteiger partial charge is 0.240 e. The molecule has 0 bridgehead atoms. The van der Waals surface area contributed by atoms with E-state index in [2.05, 4.69) is 107 Å². The third kappa shape index (κ3) is 36.3. The van der Waals surface area contributed by atoms with Crippen molar-refractivity contribution in [2.45, 2.75) is 133 Å². The predicted octanol–water partition coefficient (Wildman–Crippen LogP) is 0.585. The summed E-state index contributed by atoms with van der Waals surface area (Å²) >= 11 is 0. The molecule has 101 heavy (non-hydrogen) atoms. The average Bonchev–Trinajstić information content (AvgIpc) is 1.32. The molecule has 16 aliphatic rings. The lowest BCUT2D eigenvalue weighted by molar-refractivity contribution is -0.138. The summed E-state index contributed by atoms with van der Waals surface area (Å²) in [5.74, 6) is 9.16. The monoisotopic (exact) mass is 1480 g/mol. The number of piperidine rings is 1. The summed E-state index contributed by atoms with van der Waals surface area (Å²) in [6.07, 6.45) is 8.22. The predicted molar refractivity (Wildman–Crippen MR) is 413 cm³/mol. The summed E-state index contributed by atoms with van der Waals surface area (Å²) in [5.41, 5.74) is 9.76. The van der Waals surface area contributed by atoms with Gasteiger partial charge >= 0.3 is 0 Å². The van der Waals surface area contributed by atoms with Gasteiger partial charge in [0.25, 0.3) is 0 Å². The van der Waals surface area contributed by atoms with E-state index in [1.165, 1.54) is 78.0 Å². The van der Waals surface area contributed by atoms with E-state index in [4.69, 9.17) is 39.4 Å². The van der Waals surface area contributed by atoms with Crippen LogP contribution in [0.2, 0.25) is 0 Å². The molecule has 0 radical (unpaired) electrons. The number of morpholine rings is 2. The molecule has 16 heterocycles. The highest BCUT2D eigenvalue weighted by atomic mass is 32.2. The fraction of sp³-hybridized carbons (Fsp3) is 0.917. The van der Waals surface area contributed by atoms with E-state index in [-0.39, 0.29) is 36.9 Å². The highest BCUT2D eigenvalue weighted by Gasteiger charge is 2.43. The fourth-order valence-corrected chi connectivity index (χ4v) is 14.6. The number of ether oxygens (including phenoxy) is 5. The number of amidine groups is 1. The second kappa shape index (κ2) is 47.4. The van der Waals surface area contributed by atoms with Gasteiger partial charge in [0.15, 0.2) is 5.78 Å². The Hall–Kier alpha value is -2.44. The van der Waals surface area contributed by atoms with Gasteiger partial charge in [0.05, 0.1) is 57.3 Å². The van der Waals surface area contributed by atoms with Crippen molar-refractivity contribution in [2.75, 3.05) is 247 Å². The van der Waals surface area contributed by atoms with Gasteiger partial charge in [-0.25, -0.2) is 13.9 Å². The van der Waals surface area contributed by atoms with Gasteiger partial charge in [-0.1, -0.05) is 63.3 Å². The Bertz CT molecular complexity index is 2490. The number of methoxy groups -OCH3 is 1. The summed E-state index contributed by atoms with van der Waals surface area (Å²) in [4.78, 5) is 33.4. The molecule has 16 rings (SSSR count). The zero-order chi connectivity index (χ0) is 72.3. The van der Waals surface area contributed by atoms with E-state index >= 15 is 0 Å². The second-order valence-electron chi connectivity index (χ2n) is 31.5. The lowest BCUT2D eigenvalue weighted by atomic mass is 9.73. The lowest BCUT2D eigenvalue weighted by Crippen LogP contribution is -2.59. The molecule has 594 valence electrons. The quantitative estimate of drug-likeness (QED) is 0.122. The minimum atomic E-state index is -2.66. The van der Waals surface area contributed by atoms with Gasteiger partial charge in [-0.05, 0) is 122 Å². The van der Waals surface area contributed by atoms with Crippen molar-refractivity contribution in [3.63, 3.8) is 0 Å². The van der Waals surface area contributed by atoms with Crippen molar-refractivity contribution in [3.05, 3.63) is 12.5 Å². The molecule has 16 aliphatic heterocycles. The molecule has 29 heteroatoms. The Morgan fingerprint density at radius 1 is 0.653 bits per heavy atom. The Kier molecular flexibility index (Phi) is 43.5. The summed E-state index contributed by atoms with van der Waals surface area (Å²) in [5, 5.41) is 43.1. The number of nitrogens with one attached hydrogen (secondary N) is 12. The van der Waals surface area contributed by atoms with Crippen molar-refractivity contribution in [2.24, 2.45) is 55.1 Å². The largest absolute Gasteiger partial charge is 0.395 e. The first-order valence-electron chi connectivity index (χ1n) is 37.1. The Balaban J connectivity index is 0.000000288. The summed E-state index contributed by atoms with van der Waals surface area (Å²) in [6, 6.07) is 1.25. The first-order chi connectivity index (χ1) is 47.1. The van der Waals surface area contributed by atoms with Crippen LogP contribution in [0.15, 0.2) is 17.5 Å². The van der Waals surface area contributed by atoms with Crippen LogP contribution in [0.25, 0.3) is 0 Å². The van der Waals surface area contributed by atoms with Crippen molar-refractivity contribution < 1.29 is 55.8 Å². The number of Topliss-reactive ketones (excluding diaryl/α,β-unsaturated/α-hetero) is 2. The number of nitrogens with zero attached hydrogens (tertiary/aromatic N) is 2. The van der Waals surface area contributed by atoms with Gasteiger partial charge in [-0.2, -0.15) is 4.99 Å². The normalized spacial score (nSPS) is 26.5. The number of aliphatic hydroxyl groups excluding tert-OH is 1. The van der Waals surface area contributed by atoms with Gasteiger partial charge in [-0.3, -0.25) is 18.7 Å². The molecular weight excluding hydrogens is 1330 g/mol. The number of hydroxylamine groups is 1. The van der Waals surface area contributed by atoms with E-state index in [0.29, 0.717) is 77.2 Å². The number of rotatable bonds is 7. The van der Waals surface area contributed by atoms with Gasteiger partial charge in [0.1, 0.15) is 28.1 Å². The van der Waals surface area contributed by atoms with Crippen molar-refractivity contribution in [3.8, 4) is 0 Å². The molecule has 0 aromatic heterocycles. The number of carbonyl (C=O) groups is 2. The molecule has 15 N–H and O–H groups in total. The number of aliphatic hydroxyl groups is 1.